The third kappa shape index (κ3) is 2.38. The van der Waals surface area contributed by atoms with E-state index in [0.29, 0.717) is 13.0 Å². The van der Waals surface area contributed by atoms with Crippen molar-refractivity contribution in [3.05, 3.63) is 35.8 Å². The summed E-state index contributed by atoms with van der Waals surface area (Å²) in [5.41, 5.74) is 1.96. The van der Waals surface area contributed by atoms with Gasteiger partial charge in [0.15, 0.2) is 0 Å². The van der Waals surface area contributed by atoms with Crippen molar-refractivity contribution >= 4 is 11.6 Å². The van der Waals surface area contributed by atoms with E-state index in [4.69, 9.17) is 4.74 Å². The lowest BCUT2D eigenvalue weighted by atomic mass is 9.97. The zero-order valence-electron chi connectivity index (χ0n) is 13.0. The number of hydrogen-bond acceptors (Lipinski definition) is 4. The fourth-order valence-electron chi connectivity index (χ4n) is 3.34. The number of methoxy groups -OCH3 is 1. The summed E-state index contributed by atoms with van der Waals surface area (Å²) >= 11 is 0. The van der Waals surface area contributed by atoms with Crippen LogP contribution in [0.3, 0.4) is 0 Å². The molecule has 2 aromatic heterocycles. The maximum atomic E-state index is 11.8. The normalized spacial score (nSPS) is 22.5. The van der Waals surface area contributed by atoms with E-state index in [1.54, 1.807) is 7.11 Å². The Morgan fingerprint density at radius 1 is 1.50 bits per heavy atom. The number of aromatic nitrogens is 2. The number of hydrogen-bond donors (Lipinski definition) is 1. The van der Waals surface area contributed by atoms with Gasteiger partial charge in [0.2, 0.25) is 0 Å². The predicted molar refractivity (Wildman–Crippen MR) is 81.8 cm³/mol. The summed E-state index contributed by atoms with van der Waals surface area (Å²) in [6.45, 7) is 3.51. The number of fused-ring (bicyclic) bond motifs is 1. The van der Waals surface area contributed by atoms with Crippen LogP contribution in [0.5, 0.6) is 0 Å². The first-order valence-corrected chi connectivity index (χ1v) is 7.48. The molecule has 0 bridgehead atoms. The summed E-state index contributed by atoms with van der Waals surface area (Å²) < 4.78 is 7.22. The van der Waals surface area contributed by atoms with Gasteiger partial charge in [-0.25, -0.2) is 4.98 Å². The lowest BCUT2D eigenvalue weighted by molar-refractivity contribution is -0.153. The molecule has 1 fully saturated rings. The number of carboxylic acids is 1. The van der Waals surface area contributed by atoms with Gasteiger partial charge in [0, 0.05) is 25.5 Å². The Hall–Kier alpha value is -1.92. The maximum absolute atomic E-state index is 11.8. The first kappa shape index (κ1) is 15.0. The van der Waals surface area contributed by atoms with Gasteiger partial charge < -0.3 is 14.2 Å². The van der Waals surface area contributed by atoms with E-state index < -0.39 is 11.5 Å². The molecule has 0 amide bonds. The molecular weight excluding hydrogens is 282 g/mol. The highest BCUT2D eigenvalue weighted by Gasteiger charge is 2.47. The first-order chi connectivity index (χ1) is 10.6. The van der Waals surface area contributed by atoms with E-state index in [9.17, 15) is 9.90 Å². The van der Waals surface area contributed by atoms with Crippen LogP contribution in [0.15, 0.2) is 24.4 Å². The number of imidazole rings is 1. The quantitative estimate of drug-likeness (QED) is 0.911. The number of pyridine rings is 1. The van der Waals surface area contributed by atoms with Crippen LogP contribution >= 0.6 is 0 Å². The van der Waals surface area contributed by atoms with Gasteiger partial charge in [-0.1, -0.05) is 6.07 Å². The molecule has 1 aliphatic heterocycles. The van der Waals surface area contributed by atoms with Gasteiger partial charge in [-0.2, -0.15) is 0 Å². The Morgan fingerprint density at radius 2 is 2.32 bits per heavy atom. The van der Waals surface area contributed by atoms with E-state index in [-0.39, 0.29) is 6.61 Å². The molecule has 1 unspecified atom stereocenters. The zero-order valence-corrected chi connectivity index (χ0v) is 13.0. The van der Waals surface area contributed by atoms with E-state index in [0.717, 1.165) is 30.0 Å². The molecule has 6 nitrogen and oxygen atoms in total. The van der Waals surface area contributed by atoms with Crippen LogP contribution in [0.1, 0.15) is 24.2 Å². The Bertz CT molecular complexity index is 697. The molecule has 0 aromatic carbocycles. The second-order valence-corrected chi connectivity index (χ2v) is 5.92. The molecule has 3 heterocycles. The molecule has 0 saturated carbocycles. The second kappa shape index (κ2) is 5.70. The molecule has 3 rings (SSSR count). The average molecular weight is 303 g/mol. The first-order valence-electron chi connectivity index (χ1n) is 7.48. The fraction of sp³-hybridized carbons (Fsp3) is 0.500. The van der Waals surface area contributed by atoms with Crippen LogP contribution in [0.25, 0.3) is 5.65 Å². The highest BCUT2D eigenvalue weighted by atomic mass is 16.5. The number of ether oxygens (including phenoxy) is 1. The standard InChI is InChI=1S/C16H21N3O3/c1-12-5-3-6-14-17-13(10-19(12)14)9-18-8-4-7-16(18,11-22-2)15(20)21/h3,5-6,10H,4,7-9,11H2,1-2H3,(H,20,21). The monoisotopic (exact) mass is 303 g/mol. The smallest absolute Gasteiger partial charge is 0.326 e. The Morgan fingerprint density at radius 3 is 3.00 bits per heavy atom. The van der Waals surface area contributed by atoms with Crippen LogP contribution in [-0.4, -0.2) is 51.2 Å². The van der Waals surface area contributed by atoms with Gasteiger partial charge in [-0.15, -0.1) is 0 Å². The summed E-state index contributed by atoms with van der Waals surface area (Å²) in [5, 5.41) is 9.68. The lowest BCUT2D eigenvalue weighted by Gasteiger charge is -2.33. The Labute approximate surface area is 129 Å². The molecule has 0 aliphatic carbocycles. The topological polar surface area (TPSA) is 67.1 Å². The van der Waals surface area contributed by atoms with E-state index in [2.05, 4.69) is 4.98 Å². The van der Waals surface area contributed by atoms with Crippen molar-refractivity contribution in [1.82, 2.24) is 14.3 Å². The van der Waals surface area contributed by atoms with Gasteiger partial charge in [-0.05, 0) is 38.4 Å². The predicted octanol–water partition coefficient (Wildman–Crippen LogP) is 1.71. The maximum Gasteiger partial charge on any atom is 0.326 e. The van der Waals surface area contributed by atoms with Gasteiger partial charge in [0.05, 0.1) is 12.3 Å². The zero-order chi connectivity index (χ0) is 15.7. The Kier molecular flexibility index (Phi) is 3.88. The molecule has 118 valence electrons. The highest BCUT2D eigenvalue weighted by Crippen LogP contribution is 2.31. The summed E-state index contributed by atoms with van der Waals surface area (Å²) in [4.78, 5) is 18.4. The van der Waals surface area contributed by atoms with Crippen LogP contribution in [-0.2, 0) is 16.1 Å². The summed E-state index contributed by atoms with van der Waals surface area (Å²) in [6, 6.07) is 5.96. The van der Waals surface area contributed by atoms with Crippen molar-refractivity contribution in [2.24, 2.45) is 0 Å². The molecule has 2 aromatic rings. The van der Waals surface area contributed by atoms with Crippen LogP contribution in [0.2, 0.25) is 0 Å². The van der Waals surface area contributed by atoms with E-state index >= 15 is 0 Å². The number of nitrogens with zero attached hydrogens (tertiary/aromatic N) is 3. The van der Waals surface area contributed by atoms with Crippen molar-refractivity contribution in [3.63, 3.8) is 0 Å². The number of aliphatic carboxylic acids is 1. The SMILES string of the molecule is COCC1(C(=O)O)CCCN1Cc1cn2c(C)cccc2n1. The van der Waals surface area contributed by atoms with Gasteiger partial charge >= 0.3 is 5.97 Å². The molecule has 22 heavy (non-hydrogen) atoms. The highest BCUT2D eigenvalue weighted by molar-refractivity contribution is 5.79. The number of likely N-dealkylation sites (tertiary alicyclic amines) is 1. The number of aryl methyl sites for hydroxylation is 1. The lowest BCUT2D eigenvalue weighted by Crippen LogP contribution is -2.53. The number of rotatable bonds is 5. The van der Waals surface area contributed by atoms with Crippen molar-refractivity contribution in [2.75, 3.05) is 20.3 Å². The van der Waals surface area contributed by atoms with Crippen molar-refractivity contribution in [3.8, 4) is 0 Å². The summed E-state index contributed by atoms with van der Waals surface area (Å²) in [5.74, 6) is -0.813. The minimum absolute atomic E-state index is 0.203. The van der Waals surface area contributed by atoms with E-state index in [1.165, 1.54) is 0 Å². The van der Waals surface area contributed by atoms with Crippen LogP contribution < -0.4 is 0 Å². The molecule has 0 radical (unpaired) electrons. The third-order valence-electron chi connectivity index (χ3n) is 4.50. The summed E-state index contributed by atoms with van der Waals surface area (Å²) in [6.07, 6.45) is 3.47. The largest absolute Gasteiger partial charge is 0.480 e. The Balaban J connectivity index is 1.89. The molecule has 1 N–H and O–H groups in total. The minimum atomic E-state index is -0.931. The molecule has 1 atom stereocenters. The molecule has 1 saturated heterocycles. The molecule has 1 aliphatic rings. The third-order valence-corrected chi connectivity index (χ3v) is 4.50. The van der Waals surface area contributed by atoms with Crippen LogP contribution in [0.4, 0.5) is 0 Å². The molecular formula is C16H21N3O3. The van der Waals surface area contributed by atoms with Gasteiger partial charge in [0.25, 0.3) is 0 Å². The van der Waals surface area contributed by atoms with Gasteiger partial charge in [0.1, 0.15) is 11.2 Å². The summed E-state index contributed by atoms with van der Waals surface area (Å²) in [7, 11) is 1.55. The van der Waals surface area contributed by atoms with Crippen molar-refractivity contribution < 1.29 is 14.6 Å². The van der Waals surface area contributed by atoms with Crippen LogP contribution in [0, 0.1) is 6.92 Å². The molecule has 6 heteroatoms. The second-order valence-electron chi connectivity index (χ2n) is 5.92. The van der Waals surface area contributed by atoms with Crippen molar-refractivity contribution in [1.29, 1.82) is 0 Å². The number of carbonyl (C=O) groups is 1. The number of carboxylic acid groups (broad SMARTS) is 1. The fourth-order valence-corrected chi connectivity index (χ4v) is 3.34. The van der Waals surface area contributed by atoms with Crippen molar-refractivity contribution in [2.45, 2.75) is 31.8 Å². The van der Waals surface area contributed by atoms with E-state index in [1.807, 2.05) is 40.6 Å². The molecule has 0 spiro atoms. The van der Waals surface area contributed by atoms with Gasteiger partial charge in [-0.3, -0.25) is 9.69 Å². The minimum Gasteiger partial charge on any atom is -0.480 e. The average Bonchev–Trinajstić information content (AvgIpc) is 3.06.